The molecule has 142 valence electrons. The fourth-order valence-corrected chi connectivity index (χ4v) is 2.56. The smallest absolute Gasteiger partial charge is 0.421 e. The van der Waals surface area contributed by atoms with Crippen LogP contribution in [0.4, 0.5) is 30.6 Å². The molecule has 27 heavy (non-hydrogen) atoms. The first kappa shape index (κ1) is 18.7. The Morgan fingerprint density at radius 3 is 2.78 bits per heavy atom. The van der Waals surface area contributed by atoms with Crippen molar-refractivity contribution in [3.63, 3.8) is 0 Å². The van der Waals surface area contributed by atoms with Crippen LogP contribution in [0.15, 0.2) is 18.5 Å². The van der Waals surface area contributed by atoms with Crippen LogP contribution in [0.5, 0.6) is 5.75 Å². The molecule has 0 unspecified atom stereocenters. The van der Waals surface area contributed by atoms with Crippen LogP contribution in [0.3, 0.4) is 0 Å². The number of pyridine rings is 1. The molecule has 1 aliphatic heterocycles. The van der Waals surface area contributed by atoms with E-state index in [1.165, 1.54) is 13.2 Å². The molecule has 0 aliphatic carbocycles. The number of nitriles is 1. The van der Waals surface area contributed by atoms with Gasteiger partial charge < -0.3 is 20.7 Å². The van der Waals surface area contributed by atoms with Crippen LogP contribution in [0.1, 0.15) is 17.7 Å². The lowest BCUT2D eigenvalue weighted by molar-refractivity contribution is -0.137. The highest BCUT2D eigenvalue weighted by Gasteiger charge is 2.35. The average molecular weight is 379 g/mol. The lowest BCUT2D eigenvalue weighted by Crippen LogP contribution is -2.20. The van der Waals surface area contributed by atoms with E-state index in [2.05, 4.69) is 30.9 Å². The lowest BCUT2D eigenvalue weighted by atomic mass is 10.3. The van der Waals surface area contributed by atoms with E-state index in [-0.39, 0.29) is 29.3 Å². The van der Waals surface area contributed by atoms with Gasteiger partial charge in [0, 0.05) is 25.9 Å². The summed E-state index contributed by atoms with van der Waals surface area (Å²) in [5.74, 6) is -0.112. The van der Waals surface area contributed by atoms with Gasteiger partial charge in [0.2, 0.25) is 5.95 Å². The van der Waals surface area contributed by atoms with E-state index in [0.29, 0.717) is 18.4 Å². The van der Waals surface area contributed by atoms with Crippen LogP contribution in [0.2, 0.25) is 0 Å². The summed E-state index contributed by atoms with van der Waals surface area (Å²) in [4.78, 5) is 11.5. The molecule has 0 bridgehead atoms. The molecule has 3 heterocycles. The number of rotatable bonds is 5. The molecule has 1 atom stereocenters. The second kappa shape index (κ2) is 7.63. The van der Waals surface area contributed by atoms with Crippen molar-refractivity contribution in [3.05, 3.63) is 29.7 Å². The molecular weight excluding hydrogens is 363 g/mol. The largest absolute Gasteiger partial charge is 0.486 e. The molecule has 0 saturated carbocycles. The quantitative estimate of drug-likeness (QED) is 0.726. The highest BCUT2D eigenvalue weighted by molar-refractivity contribution is 5.59. The average Bonchev–Trinajstić information content (AvgIpc) is 3.14. The van der Waals surface area contributed by atoms with Crippen molar-refractivity contribution in [3.8, 4) is 11.8 Å². The first-order valence-electron chi connectivity index (χ1n) is 8.07. The minimum Gasteiger partial charge on any atom is -0.486 e. The Hall–Kier alpha value is -3.13. The molecule has 1 fully saturated rings. The molecule has 1 saturated heterocycles. The van der Waals surface area contributed by atoms with Crippen molar-refractivity contribution in [1.29, 1.82) is 5.26 Å². The number of nitrogens with one attached hydrogen (secondary N) is 3. The SMILES string of the molecule is CNc1nc(Nc2cnc(C#N)c(O[C@@H]3CCNC3)c2)ncc1C(F)(F)F. The summed E-state index contributed by atoms with van der Waals surface area (Å²) in [6, 6.07) is 3.50. The summed E-state index contributed by atoms with van der Waals surface area (Å²) in [6.45, 7) is 1.49. The van der Waals surface area contributed by atoms with Crippen molar-refractivity contribution in [2.24, 2.45) is 0 Å². The van der Waals surface area contributed by atoms with E-state index < -0.39 is 11.7 Å². The second-order valence-electron chi connectivity index (χ2n) is 5.74. The third kappa shape index (κ3) is 4.35. The van der Waals surface area contributed by atoms with E-state index in [9.17, 15) is 18.4 Å². The predicted molar refractivity (Wildman–Crippen MR) is 90.7 cm³/mol. The van der Waals surface area contributed by atoms with Crippen LogP contribution in [-0.4, -0.2) is 41.2 Å². The number of alkyl halides is 3. The van der Waals surface area contributed by atoms with E-state index >= 15 is 0 Å². The number of hydrogen-bond donors (Lipinski definition) is 3. The van der Waals surface area contributed by atoms with Crippen molar-refractivity contribution in [1.82, 2.24) is 20.3 Å². The van der Waals surface area contributed by atoms with E-state index in [1.54, 1.807) is 6.07 Å². The molecule has 8 nitrogen and oxygen atoms in total. The zero-order valence-corrected chi connectivity index (χ0v) is 14.3. The number of ether oxygens (including phenoxy) is 1. The Bertz CT molecular complexity index is 860. The molecule has 0 amide bonds. The van der Waals surface area contributed by atoms with Gasteiger partial charge in [0.05, 0.1) is 11.9 Å². The van der Waals surface area contributed by atoms with Gasteiger partial charge in [-0.15, -0.1) is 0 Å². The van der Waals surface area contributed by atoms with Crippen LogP contribution < -0.4 is 20.7 Å². The van der Waals surface area contributed by atoms with Gasteiger partial charge >= 0.3 is 6.18 Å². The topological polar surface area (TPSA) is 108 Å². The molecule has 3 rings (SSSR count). The maximum Gasteiger partial charge on any atom is 0.421 e. The first-order chi connectivity index (χ1) is 12.9. The Morgan fingerprint density at radius 2 is 2.15 bits per heavy atom. The van der Waals surface area contributed by atoms with Gasteiger partial charge in [-0.05, 0) is 13.0 Å². The summed E-state index contributed by atoms with van der Waals surface area (Å²) in [5.41, 5.74) is -0.459. The summed E-state index contributed by atoms with van der Waals surface area (Å²) < 4.78 is 44.6. The summed E-state index contributed by atoms with van der Waals surface area (Å²) >= 11 is 0. The number of nitrogens with zero attached hydrogens (tertiary/aromatic N) is 4. The van der Waals surface area contributed by atoms with E-state index in [0.717, 1.165) is 13.0 Å². The van der Waals surface area contributed by atoms with Gasteiger partial charge in [-0.3, -0.25) is 0 Å². The summed E-state index contributed by atoms with van der Waals surface area (Å²) in [5, 5.41) is 17.5. The molecule has 11 heteroatoms. The summed E-state index contributed by atoms with van der Waals surface area (Å²) in [6.07, 6.45) is -1.79. The van der Waals surface area contributed by atoms with Crippen LogP contribution in [0.25, 0.3) is 0 Å². The Kier molecular flexibility index (Phi) is 5.27. The van der Waals surface area contributed by atoms with Crippen molar-refractivity contribution in [2.45, 2.75) is 18.7 Å². The third-order valence-electron chi connectivity index (χ3n) is 3.85. The van der Waals surface area contributed by atoms with Gasteiger partial charge in [0.1, 0.15) is 23.6 Å². The van der Waals surface area contributed by atoms with Crippen LogP contribution >= 0.6 is 0 Å². The Labute approximate surface area is 152 Å². The molecule has 0 spiro atoms. The molecule has 2 aromatic rings. The van der Waals surface area contributed by atoms with Gasteiger partial charge in [-0.25, -0.2) is 9.97 Å². The van der Waals surface area contributed by atoms with Crippen molar-refractivity contribution in [2.75, 3.05) is 30.8 Å². The van der Waals surface area contributed by atoms with Gasteiger partial charge in [0.25, 0.3) is 0 Å². The molecule has 2 aromatic heterocycles. The number of anilines is 3. The standard InChI is InChI=1S/C16H16F3N7O/c1-21-14-11(16(17,18)19)8-24-15(26-14)25-9-4-13(12(5-20)23-6-9)27-10-2-3-22-7-10/h4,6,8,10,22H,2-3,7H2,1H3,(H2,21,24,25,26)/t10-/m1/s1. The second-order valence-corrected chi connectivity index (χ2v) is 5.74. The maximum atomic E-state index is 12.9. The number of halogens is 3. The van der Waals surface area contributed by atoms with E-state index in [1.807, 2.05) is 6.07 Å². The molecule has 0 radical (unpaired) electrons. The first-order valence-corrected chi connectivity index (χ1v) is 8.07. The van der Waals surface area contributed by atoms with Crippen molar-refractivity contribution < 1.29 is 17.9 Å². The van der Waals surface area contributed by atoms with E-state index in [4.69, 9.17) is 4.74 Å². The number of hydrogen-bond acceptors (Lipinski definition) is 8. The molecule has 3 N–H and O–H groups in total. The van der Waals surface area contributed by atoms with Gasteiger partial charge in [-0.1, -0.05) is 0 Å². The van der Waals surface area contributed by atoms with Gasteiger partial charge in [0.15, 0.2) is 11.4 Å². The lowest BCUT2D eigenvalue weighted by Gasteiger charge is -2.15. The normalized spacial score (nSPS) is 16.6. The third-order valence-corrected chi connectivity index (χ3v) is 3.85. The van der Waals surface area contributed by atoms with Crippen molar-refractivity contribution >= 4 is 17.5 Å². The molecule has 1 aliphatic rings. The minimum atomic E-state index is -4.57. The summed E-state index contributed by atoms with van der Waals surface area (Å²) in [7, 11) is 1.34. The molecule has 0 aromatic carbocycles. The maximum absolute atomic E-state index is 12.9. The fraction of sp³-hybridized carbons (Fsp3) is 0.375. The highest BCUT2D eigenvalue weighted by atomic mass is 19.4. The molecular formula is C16H16F3N7O. The Balaban J connectivity index is 1.84. The predicted octanol–water partition coefficient (Wildman–Crippen LogP) is 2.29. The van der Waals surface area contributed by atoms with Crippen LogP contribution in [0, 0.1) is 11.3 Å². The minimum absolute atomic E-state index is 0.0488. The van der Waals surface area contributed by atoms with Crippen LogP contribution in [-0.2, 0) is 6.18 Å². The number of aromatic nitrogens is 3. The Morgan fingerprint density at radius 1 is 1.33 bits per heavy atom. The zero-order chi connectivity index (χ0) is 19.4. The fourth-order valence-electron chi connectivity index (χ4n) is 2.56. The monoisotopic (exact) mass is 379 g/mol. The highest BCUT2D eigenvalue weighted by Crippen LogP contribution is 2.34. The van der Waals surface area contributed by atoms with Gasteiger partial charge in [-0.2, -0.15) is 23.4 Å². The zero-order valence-electron chi connectivity index (χ0n) is 14.3.